The number of oxime groups is 1. The fraction of sp³-hybridized carbons (Fsp3) is 0.158. The summed E-state index contributed by atoms with van der Waals surface area (Å²) in [5.41, 5.74) is 4.35. The summed E-state index contributed by atoms with van der Waals surface area (Å²) in [6.45, 7) is 2.31. The molecule has 0 saturated carbocycles. The number of carboxylic acid groups (broad SMARTS) is 1. The zero-order valence-corrected chi connectivity index (χ0v) is 15.4. The number of para-hydroxylation sites is 1. The van der Waals surface area contributed by atoms with E-state index in [1.807, 2.05) is 26.1 Å². The fourth-order valence-corrected chi connectivity index (χ4v) is 3.33. The lowest BCUT2D eigenvalue weighted by atomic mass is 10.1. The number of aromatic carboxylic acids is 1. The van der Waals surface area contributed by atoms with E-state index in [0.29, 0.717) is 4.47 Å². The summed E-state index contributed by atoms with van der Waals surface area (Å²) in [6, 6.07) is 13.1. The van der Waals surface area contributed by atoms with Crippen molar-refractivity contribution in [3.05, 3.63) is 69.3 Å². The zero-order chi connectivity index (χ0) is 18.0. The Bertz CT molecular complexity index is 976. The molecule has 5 nitrogen and oxygen atoms in total. The average Bonchev–Trinajstić information content (AvgIpc) is 2.83. The number of hydrogen-bond acceptors (Lipinski definition) is 3. The van der Waals surface area contributed by atoms with Gasteiger partial charge in [-0.25, -0.2) is 4.79 Å². The lowest BCUT2D eigenvalue weighted by Crippen LogP contribution is -1.98. The molecule has 0 aliphatic carbocycles. The van der Waals surface area contributed by atoms with Crippen molar-refractivity contribution in [1.29, 1.82) is 0 Å². The van der Waals surface area contributed by atoms with E-state index in [9.17, 15) is 4.79 Å². The Balaban J connectivity index is 1.74. The number of hydrogen-bond donors (Lipinski definition) is 1. The summed E-state index contributed by atoms with van der Waals surface area (Å²) in [7, 11) is 2.03. The molecule has 1 aromatic heterocycles. The summed E-state index contributed by atoms with van der Waals surface area (Å²) in [5, 5.41) is 14.2. The van der Waals surface area contributed by atoms with Crippen LogP contribution >= 0.6 is 15.9 Å². The zero-order valence-electron chi connectivity index (χ0n) is 13.9. The van der Waals surface area contributed by atoms with Crippen LogP contribution in [-0.4, -0.2) is 21.9 Å². The fourth-order valence-electron chi connectivity index (χ4n) is 2.74. The summed E-state index contributed by atoms with van der Waals surface area (Å²) < 4.78 is 2.65. The largest absolute Gasteiger partial charge is 0.478 e. The number of aromatic nitrogens is 1. The van der Waals surface area contributed by atoms with E-state index in [1.165, 1.54) is 0 Å². The third kappa shape index (κ3) is 3.44. The quantitative estimate of drug-likeness (QED) is 0.506. The lowest BCUT2D eigenvalue weighted by molar-refractivity contribution is 0.0695. The van der Waals surface area contributed by atoms with Crippen LogP contribution in [-0.2, 0) is 18.5 Å². The van der Waals surface area contributed by atoms with Gasteiger partial charge in [-0.1, -0.05) is 29.4 Å². The van der Waals surface area contributed by atoms with Crippen molar-refractivity contribution in [2.75, 3.05) is 0 Å². The molecule has 0 unspecified atom stereocenters. The van der Waals surface area contributed by atoms with Crippen LogP contribution in [0, 0.1) is 6.92 Å². The number of fused-ring (bicyclic) bond motifs is 1. The van der Waals surface area contributed by atoms with Gasteiger partial charge in [-0.05, 0) is 46.6 Å². The van der Waals surface area contributed by atoms with Crippen molar-refractivity contribution in [3.63, 3.8) is 0 Å². The summed E-state index contributed by atoms with van der Waals surface area (Å²) >= 11 is 3.26. The van der Waals surface area contributed by atoms with E-state index in [-0.39, 0.29) is 12.2 Å². The van der Waals surface area contributed by atoms with Gasteiger partial charge in [0, 0.05) is 33.7 Å². The van der Waals surface area contributed by atoms with Gasteiger partial charge >= 0.3 is 5.97 Å². The Morgan fingerprint density at radius 3 is 2.80 bits per heavy atom. The molecule has 0 saturated heterocycles. The molecule has 0 aliphatic rings. The highest BCUT2D eigenvalue weighted by Crippen LogP contribution is 2.23. The molecule has 0 spiro atoms. The molecule has 1 heterocycles. The van der Waals surface area contributed by atoms with Crippen molar-refractivity contribution in [2.24, 2.45) is 12.2 Å². The third-order valence-corrected chi connectivity index (χ3v) is 4.86. The van der Waals surface area contributed by atoms with Crippen LogP contribution in [0.2, 0.25) is 0 Å². The number of rotatable bonds is 5. The molecule has 3 rings (SSSR count). The molecule has 128 valence electrons. The number of aryl methyl sites for hydroxylation is 1. The molecule has 6 heteroatoms. The first-order valence-corrected chi connectivity index (χ1v) is 8.49. The van der Waals surface area contributed by atoms with E-state index in [1.54, 1.807) is 24.4 Å². The first kappa shape index (κ1) is 17.2. The van der Waals surface area contributed by atoms with Crippen molar-refractivity contribution >= 4 is 39.0 Å². The van der Waals surface area contributed by atoms with Gasteiger partial charge in [-0.2, -0.15) is 0 Å². The van der Waals surface area contributed by atoms with Crippen molar-refractivity contribution in [3.8, 4) is 0 Å². The maximum absolute atomic E-state index is 11.0. The maximum Gasteiger partial charge on any atom is 0.336 e. The minimum atomic E-state index is -0.969. The second-order valence-corrected chi connectivity index (χ2v) is 6.56. The Hall–Kier alpha value is -2.60. The standard InChI is InChI=1S/C19H17BrN2O3/c1-12-16(14-5-3-4-6-18(14)22(12)2)10-21-25-11-13-7-8-15(19(23)24)17(20)9-13/h3-10H,11H2,1-2H3,(H,23,24)/b21-10-. The van der Waals surface area contributed by atoms with Gasteiger partial charge in [0.05, 0.1) is 11.8 Å². The average molecular weight is 401 g/mol. The first-order valence-electron chi connectivity index (χ1n) is 7.70. The van der Waals surface area contributed by atoms with Gasteiger partial charge in [0.25, 0.3) is 0 Å². The summed E-state index contributed by atoms with van der Waals surface area (Å²) in [6.07, 6.45) is 1.72. The Morgan fingerprint density at radius 1 is 1.32 bits per heavy atom. The molecule has 0 fully saturated rings. The molecule has 0 aliphatic heterocycles. The predicted molar refractivity (Wildman–Crippen MR) is 101 cm³/mol. The molecular formula is C19H17BrN2O3. The number of carbonyl (C=O) groups is 1. The van der Waals surface area contributed by atoms with E-state index >= 15 is 0 Å². The van der Waals surface area contributed by atoms with E-state index in [2.05, 4.69) is 37.8 Å². The van der Waals surface area contributed by atoms with Crippen LogP contribution in [0.25, 0.3) is 10.9 Å². The smallest absolute Gasteiger partial charge is 0.336 e. The van der Waals surface area contributed by atoms with Gasteiger partial charge in [0.1, 0.15) is 6.61 Å². The van der Waals surface area contributed by atoms with Crippen molar-refractivity contribution in [1.82, 2.24) is 4.57 Å². The van der Waals surface area contributed by atoms with Crippen LogP contribution in [0.1, 0.15) is 27.2 Å². The Morgan fingerprint density at radius 2 is 2.08 bits per heavy atom. The van der Waals surface area contributed by atoms with Crippen LogP contribution in [0.3, 0.4) is 0 Å². The molecule has 2 aromatic carbocycles. The minimum Gasteiger partial charge on any atom is -0.478 e. The molecule has 0 radical (unpaired) electrons. The van der Waals surface area contributed by atoms with Crippen LogP contribution in [0.15, 0.2) is 52.1 Å². The number of benzene rings is 2. The summed E-state index contributed by atoms with van der Waals surface area (Å²) in [5.74, 6) is -0.969. The molecule has 1 N–H and O–H groups in total. The number of carboxylic acids is 1. The van der Waals surface area contributed by atoms with Crippen LogP contribution in [0.4, 0.5) is 0 Å². The SMILES string of the molecule is Cc1c(/C=N\OCc2ccc(C(=O)O)c(Br)c2)c2ccccc2n1C. The summed E-state index contributed by atoms with van der Waals surface area (Å²) in [4.78, 5) is 16.4. The Labute approximate surface area is 153 Å². The third-order valence-electron chi connectivity index (χ3n) is 4.20. The van der Waals surface area contributed by atoms with Crippen molar-refractivity contribution in [2.45, 2.75) is 13.5 Å². The molecule has 25 heavy (non-hydrogen) atoms. The van der Waals surface area contributed by atoms with Gasteiger partial charge in [-0.3, -0.25) is 0 Å². The predicted octanol–water partition coefficient (Wildman–Crippen LogP) is 4.50. The van der Waals surface area contributed by atoms with E-state index in [4.69, 9.17) is 9.94 Å². The number of halogens is 1. The highest BCUT2D eigenvalue weighted by Gasteiger charge is 2.10. The highest BCUT2D eigenvalue weighted by molar-refractivity contribution is 9.10. The molecule has 3 aromatic rings. The molecular weight excluding hydrogens is 384 g/mol. The monoisotopic (exact) mass is 400 g/mol. The maximum atomic E-state index is 11.0. The number of nitrogens with zero attached hydrogens (tertiary/aromatic N) is 2. The normalized spacial score (nSPS) is 11.3. The van der Waals surface area contributed by atoms with Crippen molar-refractivity contribution < 1.29 is 14.7 Å². The topological polar surface area (TPSA) is 63.8 Å². The molecule has 0 bridgehead atoms. The van der Waals surface area contributed by atoms with Crippen LogP contribution in [0.5, 0.6) is 0 Å². The second-order valence-electron chi connectivity index (χ2n) is 5.70. The van der Waals surface area contributed by atoms with Gasteiger partial charge in [-0.15, -0.1) is 0 Å². The van der Waals surface area contributed by atoms with Gasteiger partial charge in [0.15, 0.2) is 0 Å². The van der Waals surface area contributed by atoms with Crippen LogP contribution < -0.4 is 0 Å². The van der Waals surface area contributed by atoms with Gasteiger partial charge in [0.2, 0.25) is 0 Å². The molecule has 0 amide bonds. The van der Waals surface area contributed by atoms with E-state index in [0.717, 1.165) is 27.7 Å². The second kappa shape index (κ2) is 7.11. The lowest BCUT2D eigenvalue weighted by Gasteiger charge is -2.03. The van der Waals surface area contributed by atoms with Gasteiger partial charge < -0.3 is 14.5 Å². The van der Waals surface area contributed by atoms with E-state index < -0.39 is 5.97 Å². The highest BCUT2D eigenvalue weighted by atomic mass is 79.9. The minimum absolute atomic E-state index is 0.221. The Kier molecular flexibility index (Phi) is 4.90. The first-order chi connectivity index (χ1) is 12.0. The molecule has 0 atom stereocenters.